The zero-order valence-electron chi connectivity index (χ0n) is 18.4. The fourth-order valence-corrected chi connectivity index (χ4v) is 6.01. The van der Waals surface area contributed by atoms with Crippen molar-refractivity contribution in [3.8, 4) is 5.75 Å². The highest BCUT2D eigenvalue weighted by molar-refractivity contribution is 5.30. The highest BCUT2D eigenvalue weighted by atomic mass is 19.3. The topological polar surface area (TPSA) is 9.23 Å². The highest BCUT2D eigenvalue weighted by Gasteiger charge is 2.40. The molecule has 30 heavy (non-hydrogen) atoms. The Morgan fingerprint density at radius 2 is 1.57 bits per heavy atom. The molecule has 2 aliphatic carbocycles. The molecule has 0 spiro atoms. The molecule has 0 amide bonds. The standard InChI is InChI=1S/C26H37F3O/c1-2-3-4-6-17-26(18-7-5-8-19-26)22-13-9-20(10-14-22)21-11-15-23(16-12-21)30-25(29)24(27)28/h11-12,15-16,20,22H,2-10,13-14,17-19H2,1H3. The minimum Gasteiger partial charge on any atom is -0.428 e. The van der Waals surface area contributed by atoms with Gasteiger partial charge in [0.15, 0.2) is 0 Å². The Morgan fingerprint density at radius 3 is 2.17 bits per heavy atom. The van der Waals surface area contributed by atoms with E-state index in [1.807, 2.05) is 12.1 Å². The maximum atomic E-state index is 13.0. The normalized spacial score (nSPS) is 23.7. The third kappa shape index (κ3) is 6.04. The Morgan fingerprint density at radius 1 is 0.900 bits per heavy atom. The van der Waals surface area contributed by atoms with Crippen LogP contribution in [0.5, 0.6) is 5.75 Å². The van der Waals surface area contributed by atoms with Crippen molar-refractivity contribution in [2.45, 2.75) is 103 Å². The summed E-state index contributed by atoms with van der Waals surface area (Å²) in [6.45, 7) is 2.28. The van der Waals surface area contributed by atoms with E-state index in [2.05, 4.69) is 11.7 Å². The van der Waals surface area contributed by atoms with E-state index in [0.717, 1.165) is 5.92 Å². The molecule has 0 N–H and O–H groups in total. The molecule has 2 aliphatic rings. The number of halogens is 3. The number of benzene rings is 1. The lowest BCUT2D eigenvalue weighted by molar-refractivity contribution is 0.0506. The molecule has 2 fully saturated rings. The Labute approximate surface area is 180 Å². The molecule has 0 atom stereocenters. The van der Waals surface area contributed by atoms with E-state index in [1.54, 1.807) is 12.1 Å². The van der Waals surface area contributed by atoms with E-state index < -0.39 is 12.1 Å². The van der Waals surface area contributed by atoms with Crippen LogP contribution in [0, 0.1) is 11.3 Å². The van der Waals surface area contributed by atoms with Gasteiger partial charge >= 0.3 is 12.1 Å². The zero-order chi connectivity index (χ0) is 21.4. The van der Waals surface area contributed by atoms with Crippen LogP contribution in [-0.4, -0.2) is 0 Å². The van der Waals surface area contributed by atoms with Crippen molar-refractivity contribution in [1.82, 2.24) is 0 Å². The Kier molecular flexibility index (Phi) is 8.71. The number of hydrogen-bond donors (Lipinski definition) is 0. The summed E-state index contributed by atoms with van der Waals surface area (Å²) in [4.78, 5) is 0. The van der Waals surface area contributed by atoms with Gasteiger partial charge in [-0.05, 0) is 79.9 Å². The predicted octanol–water partition coefficient (Wildman–Crippen LogP) is 9.30. The van der Waals surface area contributed by atoms with Gasteiger partial charge in [0.1, 0.15) is 5.75 Å². The second-order valence-electron chi connectivity index (χ2n) is 9.49. The third-order valence-electron chi connectivity index (χ3n) is 7.68. The summed E-state index contributed by atoms with van der Waals surface area (Å²) >= 11 is 0. The van der Waals surface area contributed by atoms with Gasteiger partial charge in [0, 0.05) is 0 Å². The first kappa shape index (κ1) is 23.2. The molecular weight excluding hydrogens is 385 g/mol. The SMILES string of the molecule is CCCCCCC1(C2CCC(c3ccc(OC(F)=C(F)F)cc3)CC2)CCCCC1. The smallest absolute Gasteiger partial charge is 0.344 e. The Hall–Kier alpha value is -1.45. The van der Waals surface area contributed by atoms with Gasteiger partial charge in [-0.25, -0.2) is 0 Å². The van der Waals surface area contributed by atoms with Crippen molar-refractivity contribution in [3.63, 3.8) is 0 Å². The van der Waals surface area contributed by atoms with Crippen molar-refractivity contribution in [2.75, 3.05) is 0 Å². The maximum absolute atomic E-state index is 13.0. The van der Waals surface area contributed by atoms with Crippen LogP contribution in [0.1, 0.15) is 108 Å². The molecule has 0 aliphatic heterocycles. The molecule has 1 aromatic carbocycles. The fraction of sp³-hybridized carbons (Fsp3) is 0.692. The predicted molar refractivity (Wildman–Crippen MR) is 116 cm³/mol. The molecule has 0 heterocycles. The minimum absolute atomic E-state index is 0.117. The number of rotatable bonds is 9. The van der Waals surface area contributed by atoms with Crippen LogP contribution < -0.4 is 4.74 Å². The van der Waals surface area contributed by atoms with E-state index in [-0.39, 0.29) is 5.75 Å². The van der Waals surface area contributed by atoms with Gasteiger partial charge in [-0.3, -0.25) is 0 Å². The van der Waals surface area contributed by atoms with Gasteiger partial charge in [-0.1, -0.05) is 64.0 Å². The van der Waals surface area contributed by atoms with Crippen LogP contribution in [0.15, 0.2) is 36.4 Å². The molecule has 3 rings (SSSR count). The van der Waals surface area contributed by atoms with Crippen molar-refractivity contribution in [3.05, 3.63) is 41.9 Å². The summed E-state index contributed by atoms with van der Waals surface area (Å²) in [6, 6.07) is 5.19. The first-order valence-corrected chi connectivity index (χ1v) is 12.0. The highest BCUT2D eigenvalue weighted by Crippen LogP contribution is 2.53. The summed E-state index contributed by atoms with van der Waals surface area (Å²) in [5.74, 6) is 1.48. The first-order valence-electron chi connectivity index (χ1n) is 12.0. The van der Waals surface area contributed by atoms with Crippen molar-refractivity contribution >= 4 is 0 Å². The molecule has 2 saturated carbocycles. The van der Waals surface area contributed by atoms with Crippen LogP contribution in [0.4, 0.5) is 13.2 Å². The summed E-state index contributed by atoms with van der Waals surface area (Å²) in [7, 11) is 0. The zero-order valence-corrected chi connectivity index (χ0v) is 18.4. The average molecular weight is 423 g/mol. The molecule has 0 aromatic heterocycles. The van der Waals surface area contributed by atoms with Gasteiger partial charge in [0.25, 0.3) is 0 Å². The van der Waals surface area contributed by atoms with E-state index in [4.69, 9.17) is 0 Å². The van der Waals surface area contributed by atoms with E-state index in [0.29, 0.717) is 11.3 Å². The van der Waals surface area contributed by atoms with Gasteiger partial charge in [-0.15, -0.1) is 0 Å². The molecule has 1 nitrogen and oxygen atoms in total. The molecule has 0 unspecified atom stereocenters. The quantitative estimate of drug-likeness (QED) is 0.284. The van der Waals surface area contributed by atoms with Crippen molar-refractivity contribution in [1.29, 1.82) is 0 Å². The molecule has 0 saturated heterocycles. The minimum atomic E-state index is -2.43. The van der Waals surface area contributed by atoms with E-state index in [1.165, 1.54) is 95.5 Å². The van der Waals surface area contributed by atoms with Crippen LogP contribution in [0.25, 0.3) is 0 Å². The monoisotopic (exact) mass is 422 g/mol. The first-order chi connectivity index (χ1) is 14.5. The van der Waals surface area contributed by atoms with Crippen LogP contribution in [-0.2, 0) is 0 Å². The lowest BCUT2D eigenvalue weighted by Crippen LogP contribution is -2.35. The summed E-state index contributed by atoms with van der Waals surface area (Å²) < 4.78 is 41.9. The van der Waals surface area contributed by atoms with Crippen molar-refractivity contribution in [2.24, 2.45) is 11.3 Å². The molecule has 1 aromatic rings. The molecule has 4 heteroatoms. The second kappa shape index (κ2) is 11.2. The van der Waals surface area contributed by atoms with Gasteiger partial charge in [0.2, 0.25) is 0 Å². The van der Waals surface area contributed by atoms with Crippen LogP contribution in [0.3, 0.4) is 0 Å². The lowest BCUT2D eigenvalue weighted by Gasteiger charge is -2.47. The third-order valence-corrected chi connectivity index (χ3v) is 7.68. The lowest BCUT2D eigenvalue weighted by atomic mass is 9.58. The maximum Gasteiger partial charge on any atom is 0.344 e. The van der Waals surface area contributed by atoms with Crippen LogP contribution >= 0.6 is 0 Å². The Balaban J connectivity index is 1.56. The van der Waals surface area contributed by atoms with E-state index in [9.17, 15) is 13.2 Å². The summed E-state index contributed by atoms with van der Waals surface area (Å²) in [5.41, 5.74) is 1.79. The van der Waals surface area contributed by atoms with E-state index >= 15 is 0 Å². The average Bonchev–Trinajstić information content (AvgIpc) is 2.78. The van der Waals surface area contributed by atoms with Gasteiger partial charge < -0.3 is 4.74 Å². The number of unbranched alkanes of at least 4 members (excludes halogenated alkanes) is 3. The molecule has 168 valence electrons. The Bertz CT molecular complexity index is 664. The summed E-state index contributed by atoms with van der Waals surface area (Å²) in [5, 5.41) is 0. The molecular formula is C26H37F3O. The second-order valence-corrected chi connectivity index (χ2v) is 9.49. The molecule has 0 radical (unpaired) electrons. The van der Waals surface area contributed by atoms with Gasteiger partial charge in [-0.2, -0.15) is 13.2 Å². The van der Waals surface area contributed by atoms with Crippen molar-refractivity contribution < 1.29 is 17.9 Å². The molecule has 0 bridgehead atoms. The number of hydrogen-bond acceptors (Lipinski definition) is 1. The largest absolute Gasteiger partial charge is 0.428 e. The number of ether oxygens (including phenoxy) is 1. The summed E-state index contributed by atoms with van der Waals surface area (Å²) in [6.07, 6.45) is 16.4. The van der Waals surface area contributed by atoms with Gasteiger partial charge in [0.05, 0.1) is 0 Å². The van der Waals surface area contributed by atoms with Crippen LogP contribution in [0.2, 0.25) is 0 Å². The fourth-order valence-electron chi connectivity index (χ4n) is 6.01.